The van der Waals surface area contributed by atoms with Gasteiger partial charge in [-0.05, 0) is 18.9 Å². The lowest BCUT2D eigenvalue weighted by Crippen LogP contribution is -2.81. The number of ether oxygens (including phenoxy) is 4. The van der Waals surface area contributed by atoms with E-state index < -0.39 is 76.4 Å². The number of rotatable bonds is 6. The van der Waals surface area contributed by atoms with Crippen LogP contribution in [0, 0.1) is 34.5 Å². The van der Waals surface area contributed by atoms with Gasteiger partial charge in [0.25, 0.3) is 0 Å². The molecule has 1 aliphatic heterocycles. The third-order valence-corrected chi connectivity index (χ3v) is 11.7. The predicted molar refractivity (Wildman–Crippen MR) is 121 cm³/mol. The molecular weight excluding hydrogens is 458 g/mol. The number of hydrogen-bond acceptors (Lipinski definition) is 10. The molecule has 200 valence electrons. The van der Waals surface area contributed by atoms with Crippen molar-refractivity contribution in [2.75, 3.05) is 48.1 Å². The number of hydrogen-bond donors (Lipinski definition) is 5. The topological polar surface area (TPSA) is 141 Å². The number of piperidine rings is 1. The van der Waals surface area contributed by atoms with Crippen molar-refractivity contribution in [1.82, 2.24) is 4.90 Å². The Hall–Kier alpha value is -0.400. The summed E-state index contributed by atoms with van der Waals surface area (Å²) in [4.78, 5) is 2.29. The first kappa shape index (κ1) is 24.9. The molecule has 0 aromatic carbocycles. The van der Waals surface area contributed by atoms with Gasteiger partial charge in [-0.3, -0.25) is 4.90 Å². The van der Waals surface area contributed by atoms with E-state index in [0.29, 0.717) is 26.1 Å². The maximum Gasteiger partial charge on any atom is 0.120 e. The summed E-state index contributed by atoms with van der Waals surface area (Å²) in [6.07, 6.45) is -4.95. The largest absolute Gasteiger partial charge is 0.392 e. The normalized spacial score (nSPS) is 62.4. The standard InChI is InChI=1S/C25H41NO9/c1-6-26-9-22(10-32-2)12(27)7-13(33-3)24-11-8-23(30)19(28)14(11)25(31,20(29)21(23)35-5)15(18(24)26)16(34-4)17(22)24/h11-21,27-31H,6-10H2,1-5H3/t11?,12?,13?,14?,15?,16?,17?,18?,19?,20?,21?,22-,23+,24-,25+/m0/s1. The first-order valence-corrected chi connectivity index (χ1v) is 12.9. The molecule has 0 aromatic rings. The van der Waals surface area contributed by atoms with Gasteiger partial charge >= 0.3 is 0 Å². The Morgan fingerprint density at radius 1 is 0.943 bits per heavy atom. The van der Waals surface area contributed by atoms with Gasteiger partial charge in [-0.2, -0.15) is 0 Å². The second-order valence-electron chi connectivity index (χ2n) is 12.1. The van der Waals surface area contributed by atoms with E-state index >= 15 is 0 Å². The molecule has 5 N–H and O–H groups in total. The smallest absolute Gasteiger partial charge is 0.120 e. The van der Waals surface area contributed by atoms with Crippen LogP contribution in [0.25, 0.3) is 0 Å². The lowest BCUT2D eigenvalue weighted by atomic mass is 9.42. The number of aliphatic hydroxyl groups excluding tert-OH is 3. The van der Waals surface area contributed by atoms with Crippen molar-refractivity contribution in [2.24, 2.45) is 34.5 Å². The van der Waals surface area contributed by atoms with E-state index in [4.69, 9.17) is 18.9 Å². The highest BCUT2D eigenvalue weighted by Crippen LogP contribution is 2.79. The van der Waals surface area contributed by atoms with E-state index in [-0.39, 0.29) is 18.4 Å². The molecule has 15 atom stereocenters. The lowest BCUT2D eigenvalue weighted by Gasteiger charge is -2.70. The third kappa shape index (κ3) is 2.35. The maximum absolute atomic E-state index is 12.6. The molecule has 5 aliphatic carbocycles. The quantitative estimate of drug-likeness (QED) is 0.285. The SMILES string of the molecule is CCN1C[C@]2(COC)C(O)CC(OC)[C@@]34C5C[C@@]6(O)C(O)C5[C@](O)(C(O)C6OC)C(C(OC)C23)C14. The van der Waals surface area contributed by atoms with Crippen molar-refractivity contribution < 1.29 is 44.5 Å². The predicted octanol–water partition coefficient (Wildman–Crippen LogP) is -1.79. The molecule has 0 aromatic heterocycles. The fraction of sp³-hybridized carbons (Fsp3) is 1.00. The Labute approximate surface area is 206 Å². The molecule has 6 fully saturated rings. The van der Waals surface area contributed by atoms with Crippen LogP contribution in [0.4, 0.5) is 0 Å². The van der Waals surface area contributed by atoms with Crippen molar-refractivity contribution in [3.8, 4) is 0 Å². The van der Waals surface area contributed by atoms with Crippen LogP contribution in [0.3, 0.4) is 0 Å². The highest BCUT2D eigenvalue weighted by molar-refractivity contribution is 5.39. The molecule has 0 radical (unpaired) electrons. The number of nitrogens with zero attached hydrogens (tertiary/aromatic N) is 1. The highest BCUT2D eigenvalue weighted by atomic mass is 16.5. The number of methoxy groups -OCH3 is 4. The molecule has 7 bridgehead atoms. The summed E-state index contributed by atoms with van der Waals surface area (Å²) in [6.45, 7) is 3.58. The van der Waals surface area contributed by atoms with Gasteiger partial charge in [0.2, 0.25) is 0 Å². The Balaban J connectivity index is 1.68. The van der Waals surface area contributed by atoms with Crippen LogP contribution >= 0.6 is 0 Å². The zero-order chi connectivity index (χ0) is 25.3. The highest BCUT2D eigenvalue weighted by Gasteiger charge is 2.90. The van der Waals surface area contributed by atoms with Gasteiger partial charge in [0, 0.05) is 76.0 Å². The second-order valence-corrected chi connectivity index (χ2v) is 12.1. The van der Waals surface area contributed by atoms with E-state index in [1.165, 1.54) is 7.11 Å². The van der Waals surface area contributed by atoms with Crippen molar-refractivity contribution >= 4 is 0 Å². The average Bonchev–Trinajstić information content (AvgIpc) is 3.19. The van der Waals surface area contributed by atoms with E-state index in [1.54, 1.807) is 21.3 Å². The molecule has 10 heteroatoms. The van der Waals surface area contributed by atoms with Gasteiger partial charge in [0.05, 0.1) is 31.0 Å². The van der Waals surface area contributed by atoms with E-state index in [1.807, 2.05) is 0 Å². The molecular formula is C25H41NO9. The van der Waals surface area contributed by atoms with Crippen LogP contribution in [0.1, 0.15) is 19.8 Å². The molecule has 6 aliphatic rings. The van der Waals surface area contributed by atoms with Crippen molar-refractivity contribution in [2.45, 2.75) is 73.6 Å². The number of likely N-dealkylation sites (tertiary alicyclic amines) is 1. The van der Waals surface area contributed by atoms with Gasteiger partial charge in [-0.1, -0.05) is 6.92 Å². The minimum Gasteiger partial charge on any atom is -0.392 e. The molecule has 0 amide bonds. The van der Waals surface area contributed by atoms with Crippen molar-refractivity contribution in [3.05, 3.63) is 0 Å². The zero-order valence-electron chi connectivity index (χ0n) is 21.2. The maximum atomic E-state index is 12.6. The summed E-state index contributed by atoms with van der Waals surface area (Å²) >= 11 is 0. The fourth-order valence-electron chi connectivity index (χ4n) is 11.0. The summed E-state index contributed by atoms with van der Waals surface area (Å²) < 4.78 is 23.7. The van der Waals surface area contributed by atoms with Gasteiger partial charge in [-0.15, -0.1) is 0 Å². The van der Waals surface area contributed by atoms with Crippen LogP contribution in [0.5, 0.6) is 0 Å². The van der Waals surface area contributed by atoms with Gasteiger partial charge in [-0.25, -0.2) is 0 Å². The van der Waals surface area contributed by atoms with E-state index in [0.717, 1.165) is 0 Å². The summed E-state index contributed by atoms with van der Waals surface area (Å²) in [5.74, 6) is -2.04. The first-order chi connectivity index (χ1) is 16.6. The fourth-order valence-corrected chi connectivity index (χ4v) is 11.0. The average molecular weight is 500 g/mol. The van der Waals surface area contributed by atoms with Gasteiger partial charge in [0.1, 0.15) is 23.4 Å². The Morgan fingerprint density at radius 3 is 2.23 bits per heavy atom. The van der Waals surface area contributed by atoms with E-state index in [9.17, 15) is 25.5 Å². The molecule has 1 saturated heterocycles. The lowest BCUT2D eigenvalue weighted by molar-refractivity contribution is -0.320. The second kappa shape index (κ2) is 7.59. The zero-order valence-corrected chi connectivity index (χ0v) is 21.2. The Kier molecular flexibility index (Phi) is 5.40. The molecule has 35 heavy (non-hydrogen) atoms. The van der Waals surface area contributed by atoms with Gasteiger partial charge < -0.3 is 44.5 Å². The molecule has 11 unspecified atom stereocenters. The summed E-state index contributed by atoms with van der Waals surface area (Å²) in [6, 6.07) is -0.240. The molecule has 6 rings (SSSR count). The number of fused-ring (bicyclic) bond motifs is 2. The van der Waals surface area contributed by atoms with E-state index in [2.05, 4.69) is 11.8 Å². The van der Waals surface area contributed by atoms with Gasteiger partial charge in [0.15, 0.2) is 0 Å². The minimum atomic E-state index is -1.76. The first-order valence-electron chi connectivity index (χ1n) is 12.9. The molecule has 1 spiro atoms. The summed E-state index contributed by atoms with van der Waals surface area (Å²) in [7, 11) is 6.29. The molecule has 10 nitrogen and oxygen atoms in total. The van der Waals surface area contributed by atoms with Crippen LogP contribution in [0.15, 0.2) is 0 Å². The van der Waals surface area contributed by atoms with Crippen molar-refractivity contribution in [1.29, 1.82) is 0 Å². The monoisotopic (exact) mass is 499 g/mol. The molecule has 1 heterocycles. The molecule has 5 saturated carbocycles. The summed E-state index contributed by atoms with van der Waals surface area (Å²) in [5.41, 5.74) is -4.81. The Bertz CT molecular complexity index is 878. The van der Waals surface area contributed by atoms with Crippen molar-refractivity contribution in [3.63, 3.8) is 0 Å². The minimum absolute atomic E-state index is 0.156. The van der Waals surface area contributed by atoms with Crippen LogP contribution in [-0.4, -0.2) is 132 Å². The van der Waals surface area contributed by atoms with Crippen LogP contribution in [-0.2, 0) is 18.9 Å². The number of aliphatic hydroxyl groups is 5. The third-order valence-electron chi connectivity index (χ3n) is 11.7. The summed E-state index contributed by atoms with van der Waals surface area (Å²) in [5, 5.41) is 59.3. The van der Waals surface area contributed by atoms with Crippen LogP contribution < -0.4 is 0 Å². The Morgan fingerprint density at radius 2 is 1.66 bits per heavy atom. The van der Waals surface area contributed by atoms with Crippen LogP contribution in [0.2, 0.25) is 0 Å².